The fraction of sp³-hybridized carbons (Fsp3) is 0.333. The number of carbonyl (C=O) groups excluding carboxylic acids is 1. The number of alkyl halides is 2. The fourth-order valence-electron chi connectivity index (χ4n) is 3.39. The minimum atomic E-state index is -2.91. The lowest BCUT2D eigenvalue weighted by Gasteiger charge is -2.08. The van der Waals surface area contributed by atoms with Crippen molar-refractivity contribution in [1.29, 1.82) is 0 Å². The number of fused-ring (bicyclic) bond motifs is 1. The van der Waals surface area contributed by atoms with Crippen LogP contribution >= 0.6 is 0 Å². The smallest absolute Gasteiger partial charge is 0.387 e. The molecule has 2 aromatic heterocycles. The maximum atomic E-state index is 13.0. The third-order valence-corrected chi connectivity index (χ3v) is 5.03. The van der Waals surface area contributed by atoms with E-state index in [1.807, 2.05) is 13.0 Å². The Bertz CT molecular complexity index is 1150. The van der Waals surface area contributed by atoms with E-state index in [-0.39, 0.29) is 11.7 Å². The van der Waals surface area contributed by atoms with Crippen LogP contribution in [0, 0.1) is 6.92 Å². The predicted octanol–water partition coefficient (Wildman–Crippen LogP) is 3.91. The number of hydrogen-bond acceptors (Lipinski definition) is 5. The summed E-state index contributed by atoms with van der Waals surface area (Å²) in [6.07, 6.45) is 2.12. The molecule has 30 heavy (non-hydrogen) atoms. The highest BCUT2D eigenvalue weighted by atomic mass is 19.3. The Balaban J connectivity index is 1.62. The van der Waals surface area contributed by atoms with Crippen LogP contribution < -0.4 is 10.2 Å². The molecule has 1 N–H and O–H groups in total. The number of ether oxygens (including phenoxy) is 1. The van der Waals surface area contributed by atoms with E-state index < -0.39 is 6.61 Å². The van der Waals surface area contributed by atoms with Crippen LogP contribution in [0.25, 0.3) is 11.0 Å². The van der Waals surface area contributed by atoms with Crippen molar-refractivity contribution in [3.63, 3.8) is 0 Å². The summed E-state index contributed by atoms with van der Waals surface area (Å²) in [5, 5.41) is 9.24. The van der Waals surface area contributed by atoms with Gasteiger partial charge in [0.1, 0.15) is 5.75 Å². The monoisotopic (exact) mass is 413 g/mol. The zero-order valence-electron chi connectivity index (χ0n) is 16.8. The van der Waals surface area contributed by atoms with Crippen LogP contribution in [0.4, 0.5) is 8.78 Å². The highest BCUT2D eigenvalue weighted by Crippen LogP contribution is 2.40. The van der Waals surface area contributed by atoms with Gasteiger partial charge in [0, 0.05) is 24.2 Å². The lowest BCUT2D eigenvalue weighted by molar-refractivity contribution is -0.0498. The highest BCUT2D eigenvalue weighted by molar-refractivity contribution is 6.07. The summed E-state index contributed by atoms with van der Waals surface area (Å²) in [6, 6.07) is 7.97. The lowest BCUT2D eigenvalue weighted by Crippen LogP contribution is -2.20. The number of hydrogen-bond donors (Lipinski definition) is 1. The van der Waals surface area contributed by atoms with E-state index in [1.54, 1.807) is 30.8 Å². The van der Waals surface area contributed by atoms with Crippen LogP contribution in [0.2, 0.25) is 0 Å². The molecule has 4 rings (SSSR count). The maximum Gasteiger partial charge on any atom is 0.387 e. The normalized spacial score (nSPS) is 14.4. The van der Waals surface area contributed by atoms with Crippen molar-refractivity contribution >= 4 is 22.7 Å². The number of halogens is 2. The third kappa shape index (κ3) is 4.00. The number of nitrogens with one attached hydrogen (secondary N) is 1. The molecule has 1 fully saturated rings. The third-order valence-electron chi connectivity index (χ3n) is 5.03. The molecule has 1 aliphatic rings. The SMILES string of the molecule is CC(=NNC(=O)c1cc(C2CC2)nc2c1c(C)nn2C)c1cccc(OC(F)F)c1. The van der Waals surface area contributed by atoms with E-state index in [9.17, 15) is 13.6 Å². The standard InChI is InChI=1S/C21H21F2N5O2/c1-11(14-5-4-6-15(9-14)30-21(22)23)25-26-20(29)16-10-17(13-7-8-13)24-19-18(16)12(2)27-28(19)3/h4-6,9-10,13,21H,7-8H2,1-3H3,(H,26,29). The molecule has 0 radical (unpaired) electrons. The first-order chi connectivity index (χ1) is 14.3. The molecule has 2 heterocycles. The van der Waals surface area contributed by atoms with Crippen LogP contribution in [0.1, 0.15) is 53.0 Å². The number of hydrazone groups is 1. The Kier molecular flexibility index (Phi) is 5.19. The first-order valence-corrected chi connectivity index (χ1v) is 9.57. The second-order valence-electron chi connectivity index (χ2n) is 7.32. The average molecular weight is 413 g/mol. The molecule has 0 bridgehead atoms. The van der Waals surface area contributed by atoms with Crippen molar-refractivity contribution in [3.05, 3.63) is 52.8 Å². The van der Waals surface area contributed by atoms with Gasteiger partial charge in [0.15, 0.2) is 5.65 Å². The van der Waals surface area contributed by atoms with Crippen molar-refractivity contribution in [2.75, 3.05) is 0 Å². The Labute approximate surface area is 171 Å². The molecule has 1 aromatic carbocycles. The molecule has 7 nitrogen and oxygen atoms in total. The molecule has 9 heteroatoms. The summed E-state index contributed by atoms with van der Waals surface area (Å²) in [5.74, 6) is 0.0259. The Hall–Kier alpha value is -3.36. The molecule has 1 saturated carbocycles. The number of benzene rings is 1. The average Bonchev–Trinajstić information content (AvgIpc) is 3.51. The van der Waals surface area contributed by atoms with Gasteiger partial charge in [0.25, 0.3) is 5.91 Å². The van der Waals surface area contributed by atoms with Crippen LogP contribution in [-0.4, -0.2) is 33.0 Å². The first kappa shape index (κ1) is 19.9. The molecular formula is C21H21F2N5O2. The van der Waals surface area contributed by atoms with Gasteiger partial charge in [-0.05, 0) is 44.9 Å². The largest absolute Gasteiger partial charge is 0.435 e. The molecule has 0 aliphatic heterocycles. The van der Waals surface area contributed by atoms with Gasteiger partial charge < -0.3 is 4.74 Å². The maximum absolute atomic E-state index is 13.0. The molecular weight excluding hydrogens is 392 g/mol. The molecule has 3 aromatic rings. The number of rotatable bonds is 6. The number of nitrogens with zero attached hydrogens (tertiary/aromatic N) is 4. The molecule has 0 atom stereocenters. The summed E-state index contributed by atoms with van der Waals surface area (Å²) in [6.45, 7) is 0.602. The molecule has 0 saturated heterocycles. The quantitative estimate of drug-likeness (QED) is 0.491. The van der Waals surface area contributed by atoms with E-state index in [0.717, 1.165) is 18.5 Å². The molecule has 0 unspecified atom stereocenters. The van der Waals surface area contributed by atoms with E-state index >= 15 is 0 Å². The van der Waals surface area contributed by atoms with Crippen LogP contribution in [0.5, 0.6) is 5.75 Å². The van der Waals surface area contributed by atoms with E-state index in [1.165, 1.54) is 12.1 Å². The Morgan fingerprint density at radius 2 is 2.10 bits per heavy atom. The van der Waals surface area contributed by atoms with Gasteiger partial charge in [-0.25, -0.2) is 10.4 Å². The van der Waals surface area contributed by atoms with Gasteiger partial charge in [-0.2, -0.15) is 19.0 Å². The van der Waals surface area contributed by atoms with Gasteiger partial charge in [0.05, 0.1) is 22.4 Å². The minimum Gasteiger partial charge on any atom is -0.435 e. The van der Waals surface area contributed by atoms with Gasteiger partial charge in [-0.3, -0.25) is 9.48 Å². The van der Waals surface area contributed by atoms with Crippen molar-refractivity contribution in [2.45, 2.75) is 39.2 Å². The second kappa shape index (κ2) is 7.81. The van der Waals surface area contributed by atoms with E-state index in [0.29, 0.717) is 39.5 Å². The van der Waals surface area contributed by atoms with Gasteiger partial charge >= 0.3 is 6.61 Å². The lowest BCUT2D eigenvalue weighted by atomic mass is 10.1. The summed E-state index contributed by atoms with van der Waals surface area (Å²) in [4.78, 5) is 17.6. The summed E-state index contributed by atoms with van der Waals surface area (Å²) < 4.78 is 30.9. The first-order valence-electron chi connectivity index (χ1n) is 9.57. The molecule has 1 aliphatic carbocycles. The summed E-state index contributed by atoms with van der Waals surface area (Å²) in [7, 11) is 1.80. The van der Waals surface area contributed by atoms with Crippen molar-refractivity contribution in [3.8, 4) is 5.75 Å². The van der Waals surface area contributed by atoms with E-state index in [2.05, 4.69) is 25.3 Å². The zero-order chi connectivity index (χ0) is 21.4. The predicted molar refractivity (Wildman–Crippen MR) is 108 cm³/mol. The van der Waals surface area contributed by atoms with Gasteiger partial charge in [0.2, 0.25) is 0 Å². The second-order valence-corrected chi connectivity index (χ2v) is 7.32. The highest BCUT2D eigenvalue weighted by Gasteiger charge is 2.28. The molecule has 156 valence electrons. The number of carbonyl (C=O) groups is 1. The van der Waals surface area contributed by atoms with E-state index in [4.69, 9.17) is 0 Å². The number of amides is 1. The topological polar surface area (TPSA) is 81.4 Å². The van der Waals surface area contributed by atoms with Gasteiger partial charge in [-0.1, -0.05) is 12.1 Å². The van der Waals surface area contributed by atoms with Crippen molar-refractivity contribution in [2.24, 2.45) is 12.1 Å². The fourth-order valence-corrected chi connectivity index (χ4v) is 3.39. The Morgan fingerprint density at radius 3 is 2.80 bits per heavy atom. The number of aryl methyl sites for hydroxylation is 2. The number of aromatic nitrogens is 3. The van der Waals surface area contributed by atoms with Crippen LogP contribution in [-0.2, 0) is 7.05 Å². The van der Waals surface area contributed by atoms with Crippen LogP contribution in [0.15, 0.2) is 35.4 Å². The zero-order valence-corrected chi connectivity index (χ0v) is 16.8. The van der Waals surface area contributed by atoms with Crippen molar-refractivity contribution in [1.82, 2.24) is 20.2 Å². The van der Waals surface area contributed by atoms with Crippen molar-refractivity contribution < 1.29 is 18.3 Å². The summed E-state index contributed by atoms with van der Waals surface area (Å²) >= 11 is 0. The molecule has 0 spiro atoms. The Morgan fingerprint density at radius 1 is 1.33 bits per heavy atom. The number of pyridine rings is 1. The minimum absolute atomic E-state index is 0.0271. The summed E-state index contributed by atoms with van der Waals surface area (Å²) in [5.41, 5.74) is 6.32. The van der Waals surface area contributed by atoms with Crippen LogP contribution in [0.3, 0.4) is 0 Å². The molecule has 1 amide bonds. The van der Waals surface area contributed by atoms with Gasteiger partial charge in [-0.15, -0.1) is 0 Å².